The Hall–Kier alpha value is -1.34. The second-order valence-corrected chi connectivity index (χ2v) is 3.30. The number of pyridine rings is 1. The van der Waals surface area contributed by atoms with E-state index in [-0.39, 0.29) is 5.56 Å². The van der Waals surface area contributed by atoms with Gasteiger partial charge in [-0.15, -0.1) is 0 Å². The maximum Gasteiger partial charge on any atom is 0.337 e. The molecule has 1 aromatic heterocycles. The highest BCUT2D eigenvalue weighted by molar-refractivity contribution is 9.09. The smallest absolute Gasteiger partial charge is 0.337 e. The van der Waals surface area contributed by atoms with Gasteiger partial charge in [0, 0.05) is 29.7 Å². The lowest BCUT2D eigenvalue weighted by atomic mass is 10.2. The standard InChI is InChI=1S/C10H8BrNO2/c11-4-2-1-3-8-5-9(10(13)14)7-12-6-8/h5-7H,2,4H2,(H,13,14). The molecule has 0 aromatic carbocycles. The van der Waals surface area contributed by atoms with Crippen LogP contribution in [0.4, 0.5) is 0 Å². The molecule has 0 fully saturated rings. The number of nitrogens with zero attached hydrogens (tertiary/aromatic N) is 1. The second-order valence-electron chi connectivity index (χ2n) is 2.51. The molecule has 0 saturated heterocycles. The molecular weight excluding hydrogens is 246 g/mol. The number of halogens is 1. The Labute approximate surface area is 90.3 Å². The van der Waals surface area contributed by atoms with Gasteiger partial charge in [0.05, 0.1) is 5.56 Å². The predicted octanol–water partition coefficient (Wildman–Crippen LogP) is 1.92. The van der Waals surface area contributed by atoms with Gasteiger partial charge in [-0.3, -0.25) is 4.98 Å². The van der Waals surface area contributed by atoms with Crippen molar-refractivity contribution >= 4 is 21.9 Å². The quantitative estimate of drug-likeness (QED) is 0.647. The Kier molecular flexibility index (Phi) is 4.14. The van der Waals surface area contributed by atoms with Gasteiger partial charge in [-0.25, -0.2) is 4.79 Å². The molecule has 0 spiro atoms. The molecule has 4 heteroatoms. The van der Waals surface area contributed by atoms with Gasteiger partial charge in [-0.2, -0.15) is 0 Å². The first-order chi connectivity index (χ1) is 6.74. The number of hydrogen-bond donors (Lipinski definition) is 1. The van der Waals surface area contributed by atoms with Gasteiger partial charge in [0.2, 0.25) is 0 Å². The molecule has 1 aromatic rings. The van der Waals surface area contributed by atoms with E-state index in [1.54, 1.807) is 6.20 Å². The van der Waals surface area contributed by atoms with Crippen LogP contribution >= 0.6 is 15.9 Å². The lowest BCUT2D eigenvalue weighted by Gasteiger charge is -1.93. The molecule has 1 heterocycles. The van der Waals surface area contributed by atoms with Crippen molar-refractivity contribution in [3.63, 3.8) is 0 Å². The van der Waals surface area contributed by atoms with E-state index in [1.807, 2.05) is 0 Å². The largest absolute Gasteiger partial charge is 0.478 e. The van der Waals surface area contributed by atoms with E-state index in [4.69, 9.17) is 5.11 Å². The second kappa shape index (κ2) is 5.40. The van der Waals surface area contributed by atoms with Crippen molar-refractivity contribution in [2.45, 2.75) is 6.42 Å². The highest BCUT2D eigenvalue weighted by Gasteiger charge is 2.01. The first-order valence-electron chi connectivity index (χ1n) is 3.97. The summed E-state index contributed by atoms with van der Waals surface area (Å²) in [7, 11) is 0. The summed E-state index contributed by atoms with van der Waals surface area (Å²) >= 11 is 3.25. The van der Waals surface area contributed by atoms with Crippen molar-refractivity contribution < 1.29 is 9.90 Å². The van der Waals surface area contributed by atoms with E-state index in [2.05, 4.69) is 32.8 Å². The third-order valence-corrected chi connectivity index (χ3v) is 1.83. The number of carboxylic acids is 1. The first-order valence-corrected chi connectivity index (χ1v) is 5.09. The van der Waals surface area contributed by atoms with Crippen molar-refractivity contribution in [1.82, 2.24) is 4.98 Å². The lowest BCUT2D eigenvalue weighted by molar-refractivity contribution is 0.0696. The number of aromatic nitrogens is 1. The monoisotopic (exact) mass is 253 g/mol. The topological polar surface area (TPSA) is 50.2 Å². The molecule has 0 bridgehead atoms. The summed E-state index contributed by atoms with van der Waals surface area (Å²) in [6.45, 7) is 0. The Balaban J connectivity index is 2.85. The van der Waals surface area contributed by atoms with Crippen LogP contribution in [0.2, 0.25) is 0 Å². The average Bonchev–Trinajstić information content (AvgIpc) is 2.19. The number of alkyl halides is 1. The molecule has 72 valence electrons. The van der Waals surface area contributed by atoms with Crippen LogP contribution in [0.25, 0.3) is 0 Å². The molecule has 0 aliphatic carbocycles. The normalized spacial score (nSPS) is 8.93. The molecule has 0 aliphatic rings. The van der Waals surface area contributed by atoms with Crippen molar-refractivity contribution in [1.29, 1.82) is 0 Å². The third kappa shape index (κ3) is 3.19. The minimum Gasteiger partial charge on any atom is -0.478 e. The SMILES string of the molecule is O=C(O)c1cncc(C#CCCBr)c1. The predicted molar refractivity (Wildman–Crippen MR) is 56.5 cm³/mol. The molecule has 0 amide bonds. The van der Waals surface area contributed by atoms with E-state index >= 15 is 0 Å². The summed E-state index contributed by atoms with van der Waals surface area (Å²) in [5.41, 5.74) is 0.793. The number of hydrogen-bond acceptors (Lipinski definition) is 2. The third-order valence-electron chi connectivity index (χ3n) is 1.44. The van der Waals surface area contributed by atoms with Gasteiger partial charge in [0.1, 0.15) is 0 Å². The summed E-state index contributed by atoms with van der Waals surface area (Å²) in [6.07, 6.45) is 3.59. The van der Waals surface area contributed by atoms with E-state index in [0.717, 1.165) is 11.8 Å². The Morgan fingerprint density at radius 1 is 1.57 bits per heavy atom. The zero-order chi connectivity index (χ0) is 10.4. The molecule has 1 rings (SSSR count). The van der Waals surface area contributed by atoms with Gasteiger partial charge in [0.15, 0.2) is 0 Å². The minimum absolute atomic E-state index is 0.163. The van der Waals surface area contributed by atoms with E-state index < -0.39 is 5.97 Å². The van der Waals surface area contributed by atoms with Gasteiger partial charge < -0.3 is 5.11 Å². The van der Waals surface area contributed by atoms with E-state index in [0.29, 0.717) is 5.56 Å². The van der Waals surface area contributed by atoms with Crippen LogP contribution < -0.4 is 0 Å². The van der Waals surface area contributed by atoms with Gasteiger partial charge >= 0.3 is 5.97 Å². The highest BCUT2D eigenvalue weighted by atomic mass is 79.9. The van der Waals surface area contributed by atoms with Crippen molar-refractivity contribution in [3.8, 4) is 11.8 Å². The van der Waals surface area contributed by atoms with Crippen LogP contribution in [0.1, 0.15) is 22.3 Å². The Bertz CT molecular complexity index is 393. The van der Waals surface area contributed by atoms with Crippen molar-refractivity contribution in [2.24, 2.45) is 0 Å². The zero-order valence-electron chi connectivity index (χ0n) is 7.33. The van der Waals surface area contributed by atoms with E-state index in [9.17, 15) is 4.79 Å². The van der Waals surface area contributed by atoms with Gasteiger partial charge in [-0.1, -0.05) is 27.8 Å². The van der Waals surface area contributed by atoms with Gasteiger partial charge in [0.25, 0.3) is 0 Å². The van der Waals surface area contributed by atoms with Crippen molar-refractivity contribution in [2.75, 3.05) is 5.33 Å². The van der Waals surface area contributed by atoms with Crippen LogP contribution in [0.15, 0.2) is 18.5 Å². The Morgan fingerprint density at radius 2 is 2.36 bits per heavy atom. The fraction of sp³-hybridized carbons (Fsp3) is 0.200. The summed E-state index contributed by atoms with van der Waals surface area (Å²) in [5.74, 6) is 4.74. The lowest BCUT2D eigenvalue weighted by Crippen LogP contribution is -1.97. The number of rotatable bonds is 2. The molecule has 14 heavy (non-hydrogen) atoms. The summed E-state index contributed by atoms with van der Waals surface area (Å²) in [5, 5.41) is 9.50. The van der Waals surface area contributed by atoms with Crippen LogP contribution in [-0.2, 0) is 0 Å². The molecule has 0 unspecified atom stereocenters. The van der Waals surface area contributed by atoms with E-state index in [1.165, 1.54) is 12.3 Å². The van der Waals surface area contributed by atoms with Crippen LogP contribution in [0, 0.1) is 11.8 Å². The first kappa shape index (κ1) is 10.7. The van der Waals surface area contributed by atoms with Crippen molar-refractivity contribution in [3.05, 3.63) is 29.6 Å². The van der Waals surface area contributed by atoms with Gasteiger partial charge in [-0.05, 0) is 6.07 Å². The molecule has 3 nitrogen and oxygen atoms in total. The zero-order valence-corrected chi connectivity index (χ0v) is 8.91. The maximum absolute atomic E-state index is 10.6. The molecule has 1 N–H and O–H groups in total. The van der Waals surface area contributed by atoms with Crippen LogP contribution in [-0.4, -0.2) is 21.4 Å². The number of carbonyl (C=O) groups is 1. The molecule has 0 radical (unpaired) electrons. The maximum atomic E-state index is 10.6. The number of aromatic carboxylic acids is 1. The number of carboxylic acid groups (broad SMARTS) is 1. The van der Waals surface area contributed by atoms with Crippen LogP contribution in [0.3, 0.4) is 0 Å². The summed E-state index contributed by atoms with van der Waals surface area (Å²) in [6, 6.07) is 1.51. The average molecular weight is 254 g/mol. The highest BCUT2D eigenvalue weighted by Crippen LogP contribution is 2.01. The summed E-state index contributed by atoms with van der Waals surface area (Å²) < 4.78 is 0. The summed E-state index contributed by atoms with van der Waals surface area (Å²) in [4.78, 5) is 14.4. The Morgan fingerprint density at radius 3 is 3.00 bits per heavy atom. The van der Waals surface area contributed by atoms with Crippen LogP contribution in [0.5, 0.6) is 0 Å². The molecular formula is C10H8BrNO2. The fourth-order valence-electron chi connectivity index (χ4n) is 0.837. The molecule has 0 saturated carbocycles. The molecule has 0 aliphatic heterocycles. The molecule has 0 atom stereocenters. The minimum atomic E-state index is -0.985. The fourth-order valence-corrected chi connectivity index (χ4v) is 1.04.